The van der Waals surface area contributed by atoms with Gasteiger partial charge in [0, 0.05) is 26.2 Å². The zero-order valence-electron chi connectivity index (χ0n) is 15.9. The van der Waals surface area contributed by atoms with Crippen LogP contribution in [0.3, 0.4) is 0 Å². The Bertz CT molecular complexity index is 624. The van der Waals surface area contributed by atoms with Gasteiger partial charge in [-0.2, -0.15) is 0 Å². The number of methoxy groups -OCH3 is 2. The molecule has 5 nitrogen and oxygen atoms in total. The van der Waals surface area contributed by atoms with Gasteiger partial charge >= 0.3 is 0 Å². The molecule has 0 N–H and O–H groups in total. The lowest BCUT2D eigenvalue weighted by atomic mass is 9.96. The van der Waals surface area contributed by atoms with Crippen molar-refractivity contribution in [3.05, 3.63) is 23.3 Å². The van der Waals surface area contributed by atoms with E-state index in [9.17, 15) is 4.79 Å². The molecule has 1 aromatic rings. The van der Waals surface area contributed by atoms with E-state index >= 15 is 0 Å². The van der Waals surface area contributed by atoms with Gasteiger partial charge in [-0.25, -0.2) is 0 Å². The summed E-state index contributed by atoms with van der Waals surface area (Å²) in [6.45, 7) is 7.81. The molecule has 0 aliphatic carbocycles. The molecule has 3 rings (SSSR count). The summed E-state index contributed by atoms with van der Waals surface area (Å²) in [6, 6.07) is 4.05. The zero-order chi connectivity index (χ0) is 18.0. The summed E-state index contributed by atoms with van der Waals surface area (Å²) in [7, 11) is 3.33. The second kappa shape index (κ2) is 7.65. The Morgan fingerprint density at radius 2 is 1.68 bits per heavy atom. The molecule has 0 saturated carbocycles. The topological polar surface area (TPSA) is 42.0 Å². The molecule has 138 valence electrons. The molecule has 2 aliphatic rings. The lowest BCUT2D eigenvalue weighted by molar-refractivity contribution is -0.138. The summed E-state index contributed by atoms with van der Waals surface area (Å²) >= 11 is 0. The van der Waals surface area contributed by atoms with Crippen LogP contribution in [-0.2, 0) is 17.8 Å². The van der Waals surface area contributed by atoms with Gasteiger partial charge in [0.15, 0.2) is 11.5 Å². The Morgan fingerprint density at radius 3 is 2.28 bits per heavy atom. The minimum atomic E-state index is -0.0744. The summed E-state index contributed by atoms with van der Waals surface area (Å²) in [5, 5.41) is 0. The molecular weight excluding hydrogens is 316 g/mol. The predicted octanol–water partition coefficient (Wildman–Crippen LogP) is 2.71. The quantitative estimate of drug-likeness (QED) is 0.841. The molecule has 1 aromatic carbocycles. The summed E-state index contributed by atoms with van der Waals surface area (Å²) in [5.41, 5.74) is 2.52. The Labute approximate surface area is 150 Å². The highest BCUT2D eigenvalue weighted by Crippen LogP contribution is 2.33. The number of benzene rings is 1. The fourth-order valence-corrected chi connectivity index (χ4v) is 3.88. The van der Waals surface area contributed by atoms with E-state index in [4.69, 9.17) is 9.47 Å². The van der Waals surface area contributed by atoms with Crippen molar-refractivity contribution in [3.8, 4) is 11.5 Å². The molecule has 0 aromatic heterocycles. The van der Waals surface area contributed by atoms with Crippen molar-refractivity contribution >= 4 is 5.91 Å². The average molecular weight is 346 g/mol. The third kappa shape index (κ3) is 3.76. The van der Waals surface area contributed by atoms with Crippen LogP contribution in [0, 0.1) is 5.92 Å². The molecule has 0 radical (unpaired) electrons. The molecular formula is C20H30N2O3. The summed E-state index contributed by atoms with van der Waals surface area (Å²) < 4.78 is 10.8. The lowest BCUT2D eigenvalue weighted by Crippen LogP contribution is -2.50. The number of amides is 1. The highest BCUT2D eigenvalue weighted by Gasteiger charge is 2.30. The smallest absolute Gasteiger partial charge is 0.239 e. The van der Waals surface area contributed by atoms with Crippen molar-refractivity contribution < 1.29 is 14.3 Å². The first-order valence-electron chi connectivity index (χ1n) is 9.30. The van der Waals surface area contributed by atoms with Gasteiger partial charge in [-0.15, -0.1) is 0 Å². The number of nitrogens with zero attached hydrogens (tertiary/aromatic N) is 2. The maximum Gasteiger partial charge on any atom is 0.239 e. The number of carbonyl (C=O) groups is 1. The number of rotatable bonds is 4. The molecule has 0 bridgehead atoms. The van der Waals surface area contributed by atoms with E-state index < -0.39 is 0 Å². The van der Waals surface area contributed by atoms with Crippen LogP contribution < -0.4 is 9.47 Å². The average Bonchev–Trinajstić information content (AvgIpc) is 2.65. The first-order chi connectivity index (χ1) is 12.0. The highest BCUT2D eigenvalue weighted by atomic mass is 16.5. The van der Waals surface area contributed by atoms with Crippen LogP contribution >= 0.6 is 0 Å². The largest absolute Gasteiger partial charge is 0.493 e. The molecule has 2 aliphatic heterocycles. The van der Waals surface area contributed by atoms with Gasteiger partial charge in [-0.05, 0) is 55.4 Å². The zero-order valence-corrected chi connectivity index (χ0v) is 15.9. The van der Waals surface area contributed by atoms with Crippen LogP contribution in [0.1, 0.15) is 37.8 Å². The molecule has 0 spiro atoms. The van der Waals surface area contributed by atoms with Gasteiger partial charge in [0.25, 0.3) is 0 Å². The molecule has 1 unspecified atom stereocenters. The number of fused-ring (bicyclic) bond motifs is 1. The highest BCUT2D eigenvalue weighted by molar-refractivity contribution is 5.81. The van der Waals surface area contributed by atoms with Crippen molar-refractivity contribution in [2.75, 3.05) is 33.9 Å². The van der Waals surface area contributed by atoms with Crippen molar-refractivity contribution in [2.24, 2.45) is 5.92 Å². The minimum Gasteiger partial charge on any atom is -0.493 e. The van der Waals surface area contributed by atoms with Gasteiger partial charge in [-0.3, -0.25) is 9.69 Å². The SMILES string of the molecule is COc1cc2c(cc1OC)CN(C(C)C(=O)N1CCC(C)CC1)CC2. The van der Waals surface area contributed by atoms with E-state index in [1.807, 2.05) is 6.92 Å². The van der Waals surface area contributed by atoms with Gasteiger partial charge in [0.1, 0.15) is 0 Å². The molecule has 25 heavy (non-hydrogen) atoms. The van der Waals surface area contributed by atoms with Crippen LogP contribution in [0.2, 0.25) is 0 Å². The Morgan fingerprint density at radius 1 is 1.08 bits per heavy atom. The molecule has 1 fully saturated rings. The van der Waals surface area contributed by atoms with Crippen LogP contribution in [0.4, 0.5) is 0 Å². The summed E-state index contributed by atoms with van der Waals surface area (Å²) in [5.74, 6) is 2.55. The fraction of sp³-hybridized carbons (Fsp3) is 0.650. The molecule has 1 amide bonds. The predicted molar refractivity (Wildman–Crippen MR) is 98.1 cm³/mol. The van der Waals surface area contributed by atoms with E-state index in [0.29, 0.717) is 0 Å². The van der Waals surface area contributed by atoms with E-state index in [0.717, 1.165) is 62.9 Å². The first-order valence-corrected chi connectivity index (χ1v) is 9.30. The van der Waals surface area contributed by atoms with E-state index in [1.54, 1.807) is 14.2 Å². The molecule has 1 saturated heterocycles. The van der Waals surface area contributed by atoms with Crippen LogP contribution in [0.15, 0.2) is 12.1 Å². The number of carbonyl (C=O) groups excluding carboxylic acids is 1. The van der Waals surface area contributed by atoms with Gasteiger partial charge < -0.3 is 14.4 Å². The number of ether oxygens (including phenoxy) is 2. The van der Waals surface area contributed by atoms with E-state index in [-0.39, 0.29) is 11.9 Å². The summed E-state index contributed by atoms with van der Waals surface area (Å²) in [6.07, 6.45) is 3.18. The number of hydrogen-bond acceptors (Lipinski definition) is 4. The third-order valence-electron chi connectivity index (χ3n) is 5.75. The first kappa shape index (κ1) is 18.1. The molecule has 5 heteroatoms. The number of likely N-dealkylation sites (tertiary alicyclic amines) is 1. The van der Waals surface area contributed by atoms with Crippen molar-refractivity contribution in [1.29, 1.82) is 0 Å². The maximum atomic E-state index is 12.9. The van der Waals surface area contributed by atoms with Crippen molar-refractivity contribution in [1.82, 2.24) is 9.80 Å². The minimum absolute atomic E-state index is 0.0744. The van der Waals surface area contributed by atoms with Crippen molar-refractivity contribution in [2.45, 2.75) is 45.7 Å². The number of piperidine rings is 1. The Balaban J connectivity index is 1.70. The second-order valence-corrected chi connectivity index (χ2v) is 7.38. The monoisotopic (exact) mass is 346 g/mol. The Kier molecular flexibility index (Phi) is 5.52. The van der Waals surface area contributed by atoms with Gasteiger partial charge in [0.05, 0.1) is 20.3 Å². The van der Waals surface area contributed by atoms with Crippen LogP contribution in [0.25, 0.3) is 0 Å². The standard InChI is InChI=1S/C20H30N2O3/c1-14-5-8-21(9-6-14)20(23)15(2)22-10-7-16-11-18(24-3)19(25-4)12-17(16)13-22/h11-12,14-15H,5-10,13H2,1-4H3. The van der Waals surface area contributed by atoms with Crippen molar-refractivity contribution in [3.63, 3.8) is 0 Å². The second-order valence-electron chi connectivity index (χ2n) is 7.38. The van der Waals surface area contributed by atoms with Crippen LogP contribution in [-0.4, -0.2) is 55.6 Å². The maximum absolute atomic E-state index is 12.9. The lowest BCUT2D eigenvalue weighted by Gasteiger charge is -2.38. The van der Waals surface area contributed by atoms with Gasteiger partial charge in [0.2, 0.25) is 5.91 Å². The van der Waals surface area contributed by atoms with Crippen LogP contribution in [0.5, 0.6) is 11.5 Å². The number of hydrogen-bond donors (Lipinski definition) is 0. The van der Waals surface area contributed by atoms with Gasteiger partial charge in [-0.1, -0.05) is 6.92 Å². The molecule has 2 heterocycles. The Hall–Kier alpha value is -1.75. The molecule has 1 atom stereocenters. The fourth-order valence-electron chi connectivity index (χ4n) is 3.88. The summed E-state index contributed by atoms with van der Waals surface area (Å²) in [4.78, 5) is 17.2. The third-order valence-corrected chi connectivity index (χ3v) is 5.75. The van der Waals surface area contributed by atoms with E-state index in [1.165, 1.54) is 11.1 Å². The van der Waals surface area contributed by atoms with E-state index in [2.05, 4.69) is 28.9 Å². The normalized spacial score (nSPS) is 20.1.